The van der Waals surface area contributed by atoms with Crippen LogP contribution in [0.15, 0.2) is 52.2 Å². The van der Waals surface area contributed by atoms with Crippen molar-refractivity contribution in [1.29, 1.82) is 0 Å². The highest BCUT2D eigenvalue weighted by Crippen LogP contribution is 2.26. The van der Waals surface area contributed by atoms with Gasteiger partial charge in [0, 0.05) is 12.1 Å². The molecule has 0 bridgehead atoms. The molecule has 3 amide bonds. The molecule has 0 saturated heterocycles. The highest BCUT2D eigenvalue weighted by atomic mass is 32.2. The number of carbonyl (C=O) groups excluding carboxylic acids is 2. The van der Waals surface area contributed by atoms with Crippen LogP contribution in [-0.2, 0) is 17.9 Å². The highest BCUT2D eigenvalue weighted by molar-refractivity contribution is 7.99. The van der Waals surface area contributed by atoms with Gasteiger partial charge in [0.2, 0.25) is 5.91 Å². The molecule has 2 heterocycles. The van der Waals surface area contributed by atoms with Crippen molar-refractivity contribution in [2.45, 2.75) is 32.1 Å². The van der Waals surface area contributed by atoms with Crippen molar-refractivity contribution >= 4 is 23.7 Å². The van der Waals surface area contributed by atoms with E-state index in [9.17, 15) is 9.59 Å². The summed E-state index contributed by atoms with van der Waals surface area (Å²) in [6, 6.07) is 10.8. The van der Waals surface area contributed by atoms with Crippen LogP contribution in [-0.4, -0.2) is 32.5 Å². The molecule has 0 radical (unpaired) electrons. The molecule has 3 aromatic rings. The van der Waals surface area contributed by atoms with Gasteiger partial charge in [-0.3, -0.25) is 10.1 Å². The molecule has 0 unspecified atom stereocenters. The van der Waals surface area contributed by atoms with Gasteiger partial charge in [-0.15, -0.1) is 10.2 Å². The normalized spacial score (nSPS) is 10.6. The summed E-state index contributed by atoms with van der Waals surface area (Å²) in [5.41, 5.74) is 2.11. The SMILES string of the molecule is CCn1c(SCC(=O)NC(=O)NCc2ccco2)nnc1-c1ccccc1C. The second-order valence-corrected chi connectivity index (χ2v) is 6.91. The monoisotopic (exact) mass is 399 g/mol. The minimum Gasteiger partial charge on any atom is -0.467 e. The van der Waals surface area contributed by atoms with Crippen LogP contribution in [0.3, 0.4) is 0 Å². The Kier molecular flexibility index (Phi) is 6.49. The summed E-state index contributed by atoms with van der Waals surface area (Å²) in [6.07, 6.45) is 1.52. The number of benzene rings is 1. The summed E-state index contributed by atoms with van der Waals surface area (Å²) in [5, 5.41) is 14.0. The molecule has 146 valence electrons. The van der Waals surface area contributed by atoms with Crippen molar-refractivity contribution in [3.8, 4) is 11.4 Å². The first-order valence-electron chi connectivity index (χ1n) is 8.80. The molecule has 28 heavy (non-hydrogen) atoms. The molecule has 0 fully saturated rings. The van der Waals surface area contributed by atoms with Crippen LogP contribution in [0.1, 0.15) is 18.2 Å². The number of carbonyl (C=O) groups is 2. The topological polar surface area (TPSA) is 102 Å². The fourth-order valence-corrected chi connectivity index (χ4v) is 3.42. The van der Waals surface area contributed by atoms with Gasteiger partial charge in [0.05, 0.1) is 18.6 Å². The Morgan fingerprint density at radius 1 is 1.18 bits per heavy atom. The lowest BCUT2D eigenvalue weighted by Crippen LogP contribution is -2.39. The van der Waals surface area contributed by atoms with Crippen molar-refractivity contribution in [2.75, 3.05) is 5.75 Å². The molecule has 8 nitrogen and oxygen atoms in total. The molecule has 9 heteroatoms. The van der Waals surface area contributed by atoms with E-state index >= 15 is 0 Å². The Balaban J connectivity index is 1.56. The summed E-state index contributed by atoms with van der Waals surface area (Å²) >= 11 is 1.24. The van der Waals surface area contributed by atoms with Gasteiger partial charge in [-0.1, -0.05) is 36.0 Å². The van der Waals surface area contributed by atoms with E-state index in [1.807, 2.05) is 42.7 Å². The van der Waals surface area contributed by atoms with Gasteiger partial charge in [0.15, 0.2) is 11.0 Å². The largest absolute Gasteiger partial charge is 0.467 e. The van der Waals surface area contributed by atoms with Crippen LogP contribution >= 0.6 is 11.8 Å². The maximum atomic E-state index is 12.0. The molecule has 0 atom stereocenters. The lowest BCUT2D eigenvalue weighted by Gasteiger charge is -2.09. The van der Waals surface area contributed by atoms with Gasteiger partial charge in [-0.05, 0) is 31.5 Å². The van der Waals surface area contributed by atoms with Crippen LogP contribution < -0.4 is 10.6 Å². The van der Waals surface area contributed by atoms with Crippen LogP contribution in [0.5, 0.6) is 0 Å². The van der Waals surface area contributed by atoms with E-state index in [2.05, 4.69) is 20.8 Å². The molecule has 3 rings (SSSR count). The van der Waals surface area contributed by atoms with Gasteiger partial charge in [-0.2, -0.15) is 0 Å². The van der Waals surface area contributed by atoms with Crippen LogP contribution in [0.4, 0.5) is 4.79 Å². The van der Waals surface area contributed by atoms with Crippen LogP contribution in [0.2, 0.25) is 0 Å². The lowest BCUT2D eigenvalue weighted by atomic mass is 10.1. The van der Waals surface area contributed by atoms with Crippen LogP contribution in [0, 0.1) is 6.92 Å². The summed E-state index contributed by atoms with van der Waals surface area (Å²) in [4.78, 5) is 23.8. The summed E-state index contributed by atoms with van der Waals surface area (Å²) in [5.74, 6) is 1.02. The number of imide groups is 1. The number of hydrogen-bond donors (Lipinski definition) is 2. The van der Waals surface area contributed by atoms with Gasteiger partial charge in [-0.25, -0.2) is 4.79 Å². The van der Waals surface area contributed by atoms with Gasteiger partial charge in [0.1, 0.15) is 5.76 Å². The van der Waals surface area contributed by atoms with E-state index < -0.39 is 11.9 Å². The molecular weight excluding hydrogens is 378 g/mol. The molecule has 1 aromatic carbocycles. The van der Waals surface area contributed by atoms with Gasteiger partial charge >= 0.3 is 6.03 Å². The number of aryl methyl sites for hydroxylation is 1. The fourth-order valence-electron chi connectivity index (χ4n) is 2.62. The second-order valence-electron chi connectivity index (χ2n) is 5.96. The smallest absolute Gasteiger partial charge is 0.321 e. The summed E-state index contributed by atoms with van der Waals surface area (Å²) in [6.45, 7) is 4.90. The first kappa shape index (κ1) is 19.7. The number of nitrogens with zero attached hydrogens (tertiary/aromatic N) is 3. The van der Waals surface area contributed by atoms with E-state index in [4.69, 9.17) is 4.42 Å². The van der Waals surface area contributed by atoms with Gasteiger partial charge < -0.3 is 14.3 Å². The van der Waals surface area contributed by atoms with E-state index in [1.165, 1.54) is 18.0 Å². The number of amides is 3. The van der Waals surface area contributed by atoms with Crippen molar-refractivity contribution < 1.29 is 14.0 Å². The number of rotatable bonds is 7. The third-order valence-electron chi connectivity index (χ3n) is 4.01. The molecule has 0 aliphatic heterocycles. The average molecular weight is 399 g/mol. The van der Waals surface area contributed by atoms with Crippen LogP contribution in [0.25, 0.3) is 11.4 Å². The van der Waals surface area contributed by atoms with Crippen molar-refractivity contribution in [3.05, 3.63) is 54.0 Å². The predicted octanol–water partition coefficient (Wildman–Crippen LogP) is 2.98. The molecule has 2 N–H and O–H groups in total. The average Bonchev–Trinajstić information content (AvgIpc) is 3.34. The zero-order valence-corrected chi connectivity index (χ0v) is 16.5. The zero-order valence-electron chi connectivity index (χ0n) is 15.6. The van der Waals surface area contributed by atoms with E-state index in [-0.39, 0.29) is 12.3 Å². The number of hydrogen-bond acceptors (Lipinski definition) is 6. The Morgan fingerprint density at radius 2 is 2.00 bits per heavy atom. The van der Waals surface area contributed by atoms with Crippen molar-refractivity contribution in [2.24, 2.45) is 0 Å². The first-order valence-corrected chi connectivity index (χ1v) is 9.79. The Morgan fingerprint density at radius 3 is 2.71 bits per heavy atom. The molecule has 2 aromatic heterocycles. The molecule has 0 saturated carbocycles. The number of thioether (sulfide) groups is 1. The third kappa shape index (κ3) is 4.80. The molecular formula is C19H21N5O3S. The van der Waals surface area contributed by atoms with E-state index in [1.54, 1.807) is 12.1 Å². The highest BCUT2D eigenvalue weighted by Gasteiger charge is 2.16. The Labute approximate surface area is 166 Å². The number of furan rings is 1. The number of aromatic nitrogens is 3. The number of nitrogens with one attached hydrogen (secondary N) is 2. The maximum absolute atomic E-state index is 12.0. The fraction of sp³-hybridized carbons (Fsp3) is 0.263. The lowest BCUT2D eigenvalue weighted by molar-refractivity contribution is -0.117. The minimum atomic E-state index is -0.570. The van der Waals surface area contributed by atoms with E-state index in [0.29, 0.717) is 17.5 Å². The Hall–Kier alpha value is -3.07. The maximum Gasteiger partial charge on any atom is 0.321 e. The number of urea groups is 1. The molecule has 0 aliphatic rings. The molecule has 0 spiro atoms. The standard InChI is InChI=1S/C19H21N5O3S/c1-3-24-17(15-9-5-4-7-13(15)2)22-23-19(24)28-12-16(25)21-18(26)20-11-14-8-6-10-27-14/h4-10H,3,11-12H2,1-2H3,(H2,20,21,25,26). The zero-order chi connectivity index (χ0) is 19.9. The first-order chi connectivity index (χ1) is 13.6. The minimum absolute atomic E-state index is 0.0556. The van der Waals surface area contributed by atoms with Gasteiger partial charge in [0.25, 0.3) is 0 Å². The predicted molar refractivity (Wildman–Crippen MR) is 106 cm³/mol. The third-order valence-corrected chi connectivity index (χ3v) is 4.97. The Bertz CT molecular complexity index is 952. The van der Waals surface area contributed by atoms with Crippen molar-refractivity contribution in [1.82, 2.24) is 25.4 Å². The second kappa shape index (κ2) is 9.23. The molecule has 0 aliphatic carbocycles. The quantitative estimate of drug-likeness (QED) is 0.592. The summed E-state index contributed by atoms with van der Waals surface area (Å²) in [7, 11) is 0. The summed E-state index contributed by atoms with van der Waals surface area (Å²) < 4.78 is 7.07. The van der Waals surface area contributed by atoms with Crippen molar-refractivity contribution in [3.63, 3.8) is 0 Å². The van der Waals surface area contributed by atoms with E-state index in [0.717, 1.165) is 17.0 Å².